The van der Waals surface area contributed by atoms with Gasteiger partial charge in [-0.1, -0.05) is 26.8 Å². The fourth-order valence-corrected chi connectivity index (χ4v) is 0.845. The lowest BCUT2D eigenvalue weighted by molar-refractivity contribution is -0.115. The van der Waals surface area contributed by atoms with Crippen molar-refractivity contribution in [3.63, 3.8) is 0 Å². The van der Waals surface area contributed by atoms with Crippen molar-refractivity contribution in [2.45, 2.75) is 27.2 Å². The second-order valence-electron chi connectivity index (χ2n) is 2.50. The number of halogens is 2. The molecule has 1 aromatic carbocycles. The van der Waals surface area contributed by atoms with E-state index in [1.165, 1.54) is 6.07 Å². The Morgan fingerprint density at radius 3 is 2.13 bits per heavy atom. The third kappa shape index (κ3) is 4.06. The number of anilines is 1. The van der Waals surface area contributed by atoms with E-state index in [1.54, 1.807) is 6.92 Å². The van der Waals surface area contributed by atoms with E-state index in [0.29, 0.717) is 0 Å². The van der Waals surface area contributed by atoms with Crippen molar-refractivity contribution in [2.75, 3.05) is 5.32 Å². The van der Waals surface area contributed by atoms with Gasteiger partial charge in [-0.25, -0.2) is 8.78 Å². The maximum absolute atomic E-state index is 12.9. The van der Waals surface area contributed by atoms with Gasteiger partial charge in [0.25, 0.3) is 0 Å². The predicted molar refractivity (Wildman–Crippen MR) is 56.6 cm³/mol. The van der Waals surface area contributed by atoms with Crippen LogP contribution in [0.4, 0.5) is 14.5 Å². The Kier molecular flexibility index (Phi) is 6.25. The summed E-state index contributed by atoms with van der Waals surface area (Å²) in [6, 6.07) is 3.43. The molecule has 1 rings (SSSR count). The summed E-state index contributed by atoms with van der Waals surface area (Å²) in [4.78, 5) is 10.8. The zero-order valence-corrected chi connectivity index (χ0v) is 9.10. The van der Waals surface area contributed by atoms with Crippen molar-refractivity contribution in [1.29, 1.82) is 0 Å². The van der Waals surface area contributed by atoms with E-state index in [2.05, 4.69) is 5.32 Å². The Hall–Kier alpha value is -1.45. The molecule has 1 aromatic rings. The normalized spacial score (nSPS) is 8.87. The Bertz CT molecular complexity index is 306. The van der Waals surface area contributed by atoms with Crippen LogP contribution >= 0.6 is 0 Å². The van der Waals surface area contributed by atoms with Gasteiger partial charge in [0.1, 0.15) is 17.3 Å². The first kappa shape index (κ1) is 13.5. The number of nitrogens with one attached hydrogen (secondary N) is 1. The molecule has 0 unspecified atom stereocenters. The van der Waals surface area contributed by atoms with Crippen molar-refractivity contribution in [2.24, 2.45) is 0 Å². The summed E-state index contributed by atoms with van der Waals surface area (Å²) in [6.45, 7) is 5.61. The van der Waals surface area contributed by atoms with E-state index in [9.17, 15) is 13.6 Å². The standard InChI is InChI=1S/C9H9F2NO.C2H6/c1-2-8(13)12-9-6(10)4-3-5-7(9)11;1-2/h3-5H,2H2,1H3,(H,12,13);1-2H3. The molecule has 4 heteroatoms. The first-order valence-corrected chi connectivity index (χ1v) is 4.89. The SMILES string of the molecule is CC.CCC(=O)Nc1c(F)cccc1F. The molecule has 0 aromatic heterocycles. The van der Waals surface area contributed by atoms with Crippen LogP contribution in [0.3, 0.4) is 0 Å². The molecule has 0 fully saturated rings. The van der Waals surface area contributed by atoms with Gasteiger partial charge in [0.05, 0.1) is 0 Å². The van der Waals surface area contributed by atoms with Crippen LogP contribution in [0.2, 0.25) is 0 Å². The molecule has 1 N–H and O–H groups in total. The van der Waals surface area contributed by atoms with Crippen LogP contribution in [0.15, 0.2) is 18.2 Å². The maximum atomic E-state index is 12.9. The van der Waals surface area contributed by atoms with Gasteiger partial charge in [-0.2, -0.15) is 0 Å². The topological polar surface area (TPSA) is 29.1 Å². The molecule has 15 heavy (non-hydrogen) atoms. The lowest BCUT2D eigenvalue weighted by Crippen LogP contribution is -2.12. The average Bonchev–Trinajstić information content (AvgIpc) is 2.26. The molecule has 0 radical (unpaired) electrons. The number of carbonyl (C=O) groups excluding carboxylic acids is 1. The van der Waals surface area contributed by atoms with Crippen molar-refractivity contribution in [1.82, 2.24) is 0 Å². The van der Waals surface area contributed by atoms with Gasteiger partial charge < -0.3 is 5.32 Å². The highest BCUT2D eigenvalue weighted by Crippen LogP contribution is 2.17. The molecule has 0 aliphatic heterocycles. The summed E-state index contributed by atoms with van der Waals surface area (Å²) >= 11 is 0. The summed E-state index contributed by atoms with van der Waals surface area (Å²) in [7, 11) is 0. The monoisotopic (exact) mass is 215 g/mol. The number of benzene rings is 1. The van der Waals surface area contributed by atoms with Crippen molar-refractivity contribution in [3.8, 4) is 0 Å². The van der Waals surface area contributed by atoms with Gasteiger partial charge in [-0.15, -0.1) is 0 Å². The van der Waals surface area contributed by atoms with Crippen LogP contribution in [-0.2, 0) is 4.79 Å². The average molecular weight is 215 g/mol. The van der Waals surface area contributed by atoms with Gasteiger partial charge in [0.15, 0.2) is 0 Å². The molecule has 0 saturated heterocycles. The smallest absolute Gasteiger partial charge is 0.224 e. The second-order valence-corrected chi connectivity index (χ2v) is 2.50. The minimum absolute atomic E-state index is 0.188. The summed E-state index contributed by atoms with van der Waals surface area (Å²) in [6.07, 6.45) is 0.188. The van der Waals surface area contributed by atoms with Gasteiger partial charge in [0, 0.05) is 6.42 Å². The summed E-state index contributed by atoms with van der Waals surface area (Å²) in [5.41, 5.74) is -0.380. The third-order valence-corrected chi connectivity index (χ3v) is 1.55. The Morgan fingerprint density at radius 2 is 1.73 bits per heavy atom. The van der Waals surface area contributed by atoms with E-state index in [0.717, 1.165) is 12.1 Å². The fraction of sp³-hybridized carbons (Fsp3) is 0.364. The zero-order valence-electron chi connectivity index (χ0n) is 9.10. The van der Waals surface area contributed by atoms with Crippen LogP contribution < -0.4 is 5.32 Å². The minimum atomic E-state index is -0.762. The first-order chi connectivity index (χ1) is 7.15. The molecule has 0 bridgehead atoms. The highest BCUT2D eigenvalue weighted by molar-refractivity contribution is 5.90. The molecule has 2 nitrogen and oxygen atoms in total. The van der Waals surface area contributed by atoms with Crippen LogP contribution in [0, 0.1) is 11.6 Å². The quantitative estimate of drug-likeness (QED) is 0.805. The van der Waals surface area contributed by atoms with Crippen LogP contribution in [0.25, 0.3) is 0 Å². The molecular formula is C11H15F2NO. The maximum Gasteiger partial charge on any atom is 0.224 e. The van der Waals surface area contributed by atoms with Crippen LogP contribution in [0.1, 0.15) is 27.2 Å². The Labute approximate surface area is 88.3 Å². The number of hydrogen-bond donors (Lipinski definition) is 1. The molecule has 0 aliphatic carbocycles. The molecule has 1 amide bonds. The number of para-hydroxylation sites is 1. The van der Waals surface area contributed by atoms with E-state index in [-0.39, 0.29) is 12.1 Å². The Balaban J connectivity index is 0.000000921. The van der Waals surface area contributed by atoms with E-state index in [1.807, 2.05) is 13.8 Å². The fourth-order valence-electron chi connectivity index (χ4n) is 0.845. The minimum Gasteiger partial charge on any atom is -0.321 e. The van der Waals surface area contributed by atoms with Gasteiger partial charge in [0.2, 0.25) is 5.91 Å². The lowest BCUT2D eigenvalue weighted by atomic mass is 10.3. The zero-order chi connectivity index (χ0) is 11.8. The van der Waals surface area contributed by atoms with Crippen molar-refractivity contribution < 1.29 is 13.6 Å². The van der Waals surface area contributed by atoms with Crippen LogP contribution in [0.5, 0.6) is 0 Å². The molecule has 0 spiro atoms. The van der Waals surface area contributed by atoms with Crippen LogP contribution in [-0.4, -0.2) is 5.91 Å². The van der Waals surface area contributed by atoms with Gasteiger partial charge in [-0.3, -0.25) is 4.79 Å². The van der Waals surface area contributed by atoms with E-state index in [4.69, 9.17) is 0 Å². The Morgan fingerprint density at radius 1 is 1.27 bits per heavy atom. The summed E-state index contributed by atoms with van der Waals surface area (Å²) in [5.74, 6) is -1.94. The van der Waals surface area contributed by atoms with Gasteiger partial charge in [-0.05, 0) is 12.1 Å². The number of amides is 1. The molecule has 0 aliphatic rings. The molecule has 0 saturated carbocycles. The number of hydrogen-bond acceptors (Lipinski definition) is 1. The highest BCUT2D eigenvalue weighted by atomic mass is 19.1. The molecule has 0 heterocycles. The van der Waals surface area contributed by atoms with Gasteiger partial charge >= 0.3 is 0 Å². The van der Waals surface area contributed by atoms with E-state index >= 15 is 0 Å². The summed E-state index contributed by atoms with van der Waals surface area (Å²) in [5, 5.41) is 2.14. The molecule has 0 atom stereocenters. The largest absolute Gasteiger partial charge is 0.321 e. The molecular weight excluding hydrogens is 200 g/mol. The predicted octanol–water partition coefficient (Wildman–Crippen LogP) is 3.34. The highest BCUT2D eigenvalue weighted by Gasteiger charge is 2.09. The van der Waals surface area contributed by atoms with E-state index < -0.39 is 17.5 Å². The number of rotatable bonds is 2. The lowest BCUT2D eigenvalue weighted by Gasteiger charge is -2.05. The summed E-state index contributed by atoms with van der Waals surface area (Å²) < 4.78 is 25.8. The second kappa shape index (κ2) is 6.92. The van der Waals surface area contributed by atoms with Crippen molar-refractivity contribution >= 4 is 11.6 Å². The molecule has 84 valence electrons. The third-order valence-electron chi connectivity index (χ3n) is 1.55. The van der Waals surface area contributed by atoms with Crippen molar-refractivity contribution in [3.05, 3.63) is 29.8 Å². The first-order valence-electron chi connectivity index (χ1n) is 4.89. The number of carbonyl (C=O) groups is 1.